The Balaban J connectivity index is 1.96. The van der Waals surface area contributed by atoms with E-state index in [2.05, 4.69) is 10.1 Å². The third-order valence-electron chi connectivity index (χ3n) is 4.62. The molecule has 0 radical (unpaired) electrons. The summed E-state index contributed by atoms with van der Waals surface area (Å²) in [5.41, 5.74) is 1.14. The van der Waals surface area contributed by atoms with Gasteiger partial charge in [0.2, 0.25) is 0 Å². The standard InChI is InChI=1S/C23H17ClFN3O3/c1-30-20-9-6-15(11-21(20)31-2)22-27-19-8-7-16(24)12-18(19)23(29)28(22)26-13-14-4-3-5-17(25)10-14/h3-13H,1-2H3. The van der Waals surface area contributed by atoms with Gasteiger partial charge >= 0.3 is 0 Å². The van der Waals surface area contributed by atoms with Crippen LogP contribution in [0.4, 0.5) is 4.39 Å². The maximum atomic E-state index is 13.5. The van der Waals surface area contributed by atoms with Crippen molar-refractivity contribution in [2.45, 2.75) is 0 Å². The van der Waals surface area contributed by atoms with Gasteiger partial charge in [-0.2, -0.15) is 9.78 Å². The summed E-state index contributed by atoms with van der Waals surface area (Å²) in [6, 6.07) is 15.9. The van der Waals surface area contributed by atoms with Gasteiger partial charge < -0.3 is 9.47 Å². The van der Waals surface area contributed by atoms with E-state index in [4.69, 9.17) is 21.1 Å². The first-order valence-electron chi connectivity index (χ1n) is 9.25. The molecule has 0 unspecified atom stereocenters. The molecular weight excluding hydrogens is 421 g/mol. The minimum atomic E-state index is -0.412. The number of ether oxygens (including phenoxy) is 2. The Hall–Kier alpha value is -3.71. The van der Waals surface area contributed by atoms with Crippen LogP contribution < -0.4 is 15.0 Å². The number of fused-ring (bicyclic) bond motifs is 1. The summed E-state index contributed by atoms with van der Waals surface area (Å²) in [5, 5.41) is 5.03. The molecule has 0 saturated heterocycles. The van der Waals surface area contributed by atoms with Crippen LogP contribution >= 0.6 is 11.6 Å². The highest BCUT2D eigenvalue weighted by Crippen LogP contribution is 2.32. The van der Waals surface area contributed by atoms with Crippen LogP contribution in [0.3, 0.4) is 0 Å². The quantitative estimate of drug-likeness (QED) is 0.422. The van der Waals surface area contributed by atoms with Gasteiger partial charge in [0.1, 0.15) is 5.82 Å². The Morgan fingerprint density at radius 2 is 1.84 bits per heavy atom. The fourth-order valence-electron chi connectivity index (χ4n) is 3.13. The van der Waals surface area contributed by atoms with Gasteiger partial charge in [-0.25, -0.2) is 9.37 Å². The molecular formula is C23H17ClFN3O3. The molecule has 1 heterocycles. The summed E-state index contributed by atoms with van der Waals surface area (Å²) in [4.78, 5) is 17.9. The zero-order valence-corrected chi connectivity index (χ0v) is 17.4. The highest BCUT2D eigenvalue weighted by Gasteiger charge is 2.15. The average Bonchev–Trinajstić information content (AvgIpc) is 2.78. The smallest absolute Gasteiger partial charge is 0.282 e. The molecule has 0 amide bonds. The van der Waals surface area contributed by atoms with Gasteiger partial charge in [0.25, 0.3) is 5.56 Å². The van der Waals surface area contributed by atoms with Crippen LogP contribution in [0.5, 0.6) is 11.5 Å². The van der Waals surface area contributed by atoms with Gasteiger partial charge in [0.15, 0.2) is 17.3 Å². The zero-order chi connectivity index (χ0) is 22.0. The van der Waals surface area contributed by atoms with Crippen molar-refractivity contribution in [1.29, 1.82) is 0 Å². The van der Waals surface area contributed by atoms with E-state index in [1.807, 2.05) is 0 Å². The first-order chi connectivity index (χ1) is 15.0. The number of halogens is 2. The van der Waals surface area contributed by atoms with Crippen LogP contribution in [0.25, 0.3) is 22.3 Å². The highest BCUT2D eigenvalue weighted by atomic mass is 35.5. The summed E-state index contributed by atoms with van der Waals surface area (Å²) < 4.78 is 25.4. The van der Waals surface area contributed by atoms with Gasteiger partial charge in [0.05, 0.1) is 31.3 Å². The van der Waals surface area contributed by atoms with E-state index < -0.39 is 11.4 Å². The molecule has 1 aromatic heterocycles. The maximum absolute atomic E-state index is 13.5. The summed E-state index contributed by atoms with van der Waals surface area (Å²) in [6.45, 7) is 0. The number of methoxy groups -OCH3 is 2. The van der Waals surface area contributed by atoms with Crippen molar-refractivity contribution < 1.29 is 13.9 Å². The monoisotopic (exact) mass is 437 g/mol. The number of nitrogens with zero attached hydrogens (tertiary/aromatic N) is 3. The molecule has 0 aliphatic heterocycles. The Labute approximate surface area is 182 Å². The van der Waals surface area contributed by atoms with Crippen molar-refractivity contribution in [3.05, 3.63) is 87.4 Å². The third kappa shape index (κ3) is 4.13. The molecule has 156 valence electrons. The van der Waals surface area contributed by atoms with Gasteiger partial charge in [-0.15, -0.1) is 0 Å². The topological polar surface area (TPSA) is 65.7 Å². The van der Waals surface area contributed by atoms with E-state index in [1.54, 1.807) is 48.5 Å². The lowest BCUT2D eigenvalue weighted by atomic mass is 10.1. The molecule has 0 N–H and O–H groups in total. The fourth-order valence-corrected chi connectivity index (χ4v) is 3.30. The first-order valence-corrected chi connectivity index (χ1v) is 9.62. The molecule has 0 spiro atoms. The van der Waals surface area contributed by atoms with Crippen molar-refractivity contribution in [2.75, 3.05) is 14.2 Å². The van der Waals surface area contributed by atoms with E-state index in [1.165, 1.54) is 32.6 Å². The highest BCUT2D eigenvalue weighted by molar-refractivity contribution is 6.31. The van der Waals surface area contributed by atoms with Crippen molar-refractivity contribution in [2.24, 2.45) is 5.10 Å². The second-order valence-electron chi connectivity index (χ2n) is 6.58. The normalized spacial score (nSPS) is 11.2. The lowest BCUT2D eigenvalue weighted by molar-refractivity contribution is 0.355. The Kier molecular flexibility index (Phi) is 5.68. The summed E-state index contributed by atoms with van der Waals surface area (Å²) >= 11 is 6.08. The molecule has 0 aliphatic rings. The van der Waals surface area contributed by atoms with Crippen molar-refractivity contribution in [3.8, 4) is 22.9 Å². The SMILES string of the molecule is COc1ccc(-c2nc3ccc(Cl)cc3c(=O)n2N=Cc2cccc(F)c2)cc1OC. The zero-order valence-electron chi connectivity index (χ0n) is 16.7. The second kappa shape index (κ2) is 8.57. The molecule has 3 aromatic carbocycles. The first kappa shape index (κ1) is 20.6. The van der Waals surface area contributed by atoms with Crippen LogP contribution in [0, 0.1) is 5.82 Å². The molecule has 6 nitrogen and oxygen atoms in total. The molecule has 0 aliphatic carbocycles. The van der Waals surface area contributed by atoms with Crippen LogP contribution in [0.15, 0.2) is 70.6 Å². The van der Waals surface area contributed by atoms with Crippen molar-refractivity contribution in [1.82, 2.24) is 9.66 Å². The fraction of sp³-hybridized carbons (Fsp3) is 0.0870. The largest absolute Gasteiger partial charge is 0.493 e. The van der Waals surface area contributed by atoms with Crippen LogP contribution in [0.2, 0.25) is 5.02 Å². The van der Waals surface area contributed by atoms with Gasteiger partial charge in [-0.05, 0) is 54.1 Å². The molecule has 4 rings (SSSR count). The molecule has 31 heavy (non-hydrogen) atoms. The van der Waals surface area contributed by atoms with Crippen molar-refractivity contribution >= 4 is 28.7 Å². The van der Waals surface area contributed by atoms with Crippen LogP contribution in [-0.4, -0.2) is 30.1 Å². The number of benzene rings is 3. The number of rotatable bonds is 5. The Bertz CT molecular complexity index is 1370. The minimum absolute atomic E-state index is 0.286. The predicted molar refractivity (Wildman–Crippen MR) is 119 cm³/mol. The number of hydrogen-bond donors (Lipinski definition) is 0. The summed E-state index contributed by atoms with van der Waals surface area (Å²) in [6.07, 6.45) is 1.40. The predicted octanol–water partition coefficient (Wildman–Crippen LogP) is 4.76. The van der Waals surface area contributed by atoms with Crippen LogP contribution in [0.1, 0.15) is 5.56 Å². The van der Waals surface area contributed by atoms with Crippen molar-refractivity contribution in [3.63, 3.8) is 0 Å². The van der Waals surface area contributed by atoms with Gasteiger partial charge in [0, 0.05) is 10.6 Å². The van der Waals surface area contributed by atoms with Gasteiger partial charge in [-0.1, -0.05) is 23.7 Å². The summed E-state index contributed by atoms with van der Waals surface area (Å²) in [5.74, 6) is 0.898. The minimum Gasteiger partial charge on any atom is -0.493 e. The van der Waals surface area contributed by atoms with Crippen LogP contribution in [-0.2, 0) is 0 Å². The number of hydrogen-bond acceptors (Lipinski definition) is 5. The lowest BCUT2D eigenvalue weighted by Gasteiger charge is -2.12. The molecule has 4 aromatic rings. The summed E-state index contributed by atoms with van der Waals surface area (Å²) in [7, 11) is 3.06. The van der Waals surface area contributed by atoms with E-state index in [0.29, 0.717) is 38.6 Å². The third-order valence-corrected chi connectivity index (χ3v) is 4.86. The average molecular weight is 438 g/mol. The molecule has 0 atom stereocenters. The Morgan fingerprint density at radius 3 is 2.58 bits per heavy atom. The molecule has 8 heteroatoms. The van der Waals surface area contributed by atoms with E-state index in [9.17, 15) is 9.18 Å². The molecule has 0 fully saturated rings. The number of aromatic nitrogens is 2. The van der Waals surface area contributed by atoms with E-state index >= 15 is 0 Å². The maximum Gasteiger partial charge on any atom is 0.282 e. The van der Waals surface area contributed by atoms with E-state index in [-0.39, 0.29) is 5.82 Å². The van der Waals surface area contributed by atoms with Gasteiger partial charge in [-0.3, -0.25) is 4.79 Å². The Morgan fingerprint density at radius 1 is 1.03 bits per heavy atom. The second-order valence-corrected chi connectivity index (χ2v) is 7.02. The lowest BCUT2D eigenvalue weighted by Crippen LogP contribution is -2.20. The van der Waals surface area contributed by atoms with E-state index in [0.717, 1.165) is 4.68 Å². The molecule has 0 saturated carbocycles. The molecule has 0 bridgehead atoms.